The van der Waals surface area contributed by atoms with Gasteiger partial charge in [-0.3, -0.25) is 0 Å². The van der Waals surface area contributed by atoms with Crippen molar-refractivity contribution in [2.45, 2.75) is 37.6 Å². The molecule has 0 saturated heterocycles. The average Bonchev–Trinajstić information content (AvgIpc) is 2.66. The molecule has 0 bridgehead atoms. The zero-order valence-corrected chi connectivity index (χ0v) is 16.1. The number of likely N-dealkylation sites (N-methyl/N-ethyl adjacent to an activating group) is 1. The Morgan fingerprint density at radius 3 is 2.35 bits per heavy atom. The van der Waals surface area contributed by atoms with Gasteiger partial charge in [0.2, 0.25) is 5.95 Å². The largest absolute Gasteiger partial charge is 0.493 e. The fraction of sp³-hybridized carbons (Fsp3) is 0.579. The van der Waals surface area contributed by atoms with E-state index in [2.05, 4.69) is 34.3 Å². The van der Waals surface area contributed by atoms with E-state index in [9.17, 15) is 0 Å². The SMILES string of the molecule is COc1cc2nc(NCC3(N(C)C)CCCCC3)nc(N)c2cc1OC. The molecule has 1 aromatic heterocycles. The Labute approximate surface area is 154 Å². The number of fused-ring (bicyclic) bond motifs is 1. The van der Waals surface area contributed by atoms with Crippen molar-refractivity contribution in [2.75, 3.05) is 45.9 Å². The zero-order chi connectivity index (χ0) is 18.7. The first-order chi connectivity index (χ1) is 12.5. The fourth-order valence-corrected chi connectivity index (χ4v) is 3.79. The number of nitrogens with zero attached hydrogens (tertiary/aromatic N) is 3. The predicted octanol–water partition coefficient (Wildman–Crippen LogP) is 2.91. The van der Waals surface area contributed by atoms with Gasteiger partial charge in [0, 0.05) is 23.5 Å². The number of hydrogen-bond donors (Lipinski definition) is 2. The summed E-state index contributed by atoms with van der Waals surface area (Å²) in [6.45, 7) is 0.804. The third kappa shape index (κ3) is 3.49. The maximum atomic E-state index is 6.18. The number of benzene rings is 1. The molecule has 0 aliphatic heterocycles. The number of nitrogens with one attached hydrogen (secondary N) is 1. The minimum Gasteiger partial charge on any atom is -0.493 e. The Morgan fingerprint density at radius 2 is 1.73 bits per heavy atom. The topological polar surface area (TPSA) is 85.5 Å². The van der Waals surface area contributed by atoms with Crippen LogP contribution in [0.1, 0.15) is 32.1 Å². The first kappa shape index (κ1) is 18.5. The summed E-state index contributed by atoms with van der Waals surface area (Å²) in [7, 11) is 7.51. The maximum Gasteiger partial charge on any atom is 0.225 e. The summed E-state index contributed by atoms with van der Waals surface area (Å²) >= 11 is 0. The van der Waals surface area contributed by atoms with E-state index in [-0.39, 0.29) is 5.54 Å². The van der Waals surface area contributed by atoms with Gasteiger partial charge in [-0.05, 0) is 33.0 Å². The van der Waals surface area contributed by atoms with Gasteiger partial charge >= 0.3 is 0 Å². The van der Waals surface area contributed by atoms with E-state index in [0.29, 0.717) is 23.3 Å². The molecule has 7 heteroatoms. The number of rotatable bonds is 6. The standard InChI is InChI=1S/C19H29N5O2/c1-24(2)19(8-6-5-7-9-19)12-21-18-22-14-11-16(26-4)15(25-3)10-13(14)17(20)23-18/h10-11H,5-9,12H2,1-4H3,(H3,20,21,22,23). The molecule has 0 amide bonds. The van der Waals surface area contributed by atoms with Gasteiger partial charge in [0.25, 0.3) is 0 Å². The summed E-state index contributed by atoms with van der Waals surface area (Å²) in [6.07, 6.45) is 6.20. The van der Waals surface area contributed by atoms with Crippen LogP contribution in [0.25, 0.3) is 10.9 Å². The molecular weight excluding hydrogens is 330 g/mol. The van der Waals surface area contributed by atoms with E-state index in [1.54, 1.807) is 14.2 Å². The second-order valence-electron chi connectivity index (χ2n) is 7.19. The Kier molecular flexibility index (Phi) is 5.36. The Balaban J connectivity index is 1.88. The van der Waals surface area contributed by atoms with Crippen molar-refractivity contribution in [1.82, 2.24) is 14.9 Å². The van der Waals surface area contributed by atoms with Gasteiger partial charge in [0.15, 0.2) is 11.5 Å². The number of nitrogens with two attached hydrogens (primary N) is 1. The Morgan fingerprint density at radius 1 is 1.08 bits per heavy atom. The lowest BCUT2D eigenvalue weighted by Crippen LogP contribution is -2.51. The Bertz CT molecular complexity index is 772. The molecule has 1 aliphatic carbocycles. The van der Waals surface area contributed by atoms with Crippen molar-refractivity contribution in [3.63, 3.8) is 0 Å². The first-order valence-electron chi connectivity index (χ1n) is 9.09. The quantitative estimate of drug-likeness (QED) is 0.820. The van der Waals surface area contributed by atoms with Crippen molar-refractivity contribution >= 4 is 22.7 Å². The summed E-state index contributed by atoms with van der Waals surface area (Å²) in [4.78, 5) is 11.4. The number of hydrogen-bond acceptors (Lipinski definition) is 7. The number of aromatic nitrogens is 2. The Hall–Kier alpha value is -2.28. The molecule has 2 aromatic rings. The van der Waals surface area contributed by atoms with Crippen molar-refractivity contribution in [3.05, 3.63) is 12.1 Å². The molecule has 0 atom stereocenters. The third-order valence-electron chi connectivity index (χ3n) is 5.54. The van der Waals surface area contributed by atoms with E-state index < -0.39 is 0 Å². The molecule has 3 rings (SSSR count). The van der Waals surface area contributed by atoms with Crippen LogP contribution in [0, 0.1) is 0 Å². The van der Waals surface area contributed by atoms with Crippen molar-refractivity contribution in [2.24, 2.45) is 0 Å². The average molecular weight is 359 g/mol. The smallest absolute Gasteiger partial charge is 0.225 e. The van der Waals surface area contributed by atoms with Crippen LogP contribution in [0.3, 0.4) is 0 Å². The molecule has 7 nitrogen and oxygen atoms in total. The van der Waals surface area contributed by atoms with Crippen LogP contribution in [0.4, 0.5) is 11.8 Å². The molecule has 0 spiro atoms. The zero-order valence-electron chi connectivity index (χ0n) is 16.1. The number of anilines is 2. The van der Waals surface area contributed by atoms with Gasteiger partial charge in [0.1, 0.15) is 5.82 Å². The molecular formula is C19H29N5O2. The molecule has 1 heterocycles. The van der Waals surface area contributed by atoms with Gasteiger partial charge in [-0.2, -0.15) is 4.98 Å². The lowest BCUT2D eigenvalue weighted by Gasteiger charge is -2.43. The highest BCUT2D eigenvalue weighted by atomic mass is 16.5. The summed E-state index contributed by atoms with van der Waals surface area (Å²) in [5, 5.41) is 4.18. The molecule has 3 N–H and O–H groups in total. The number of nitrogen functional groups attached to an aromatic ring is 1. The molecule has 26 heavy (non-hydrogen) atoms. The van der Waals surface area contributed by atoms with Gasteiger partial charge < -0.3 is 25.4 Å². The van der Waals surface area contributed by atoms with Crippen LogP contribution in [-0.2, 0) is 0 Å². The second-order valence-corrected chi connectivity index (χ2v) is 7.19. The highest BCUT2D eigenvalue weighted by Gasteiger charge is 2.34. The van der Waals surface area contributed by atoms with Gasteiger partial charge in [-0.1, -0.05) is 19.3 Å². The van der Waals surface area contributed by atoms with Gasteiger partial charge in [-0.25, -0.2) is 4.98 Å². The van der Waals surface area contributed by atoms with Gasteiger partial charge in [-0.15, -0.1) is 0 Å². The lowest BCUT2D eigenvalue weighted by atomic mass is 9.80. The van der Waals surface area contributed by atoms with Crippen LogP contribution in [0.15, 0.2) is 12.1 Å². The van der Waals surface area contributed by atoms with Crippen molar-refractivity contribution < 1.29 is 9.47 Å². The number of methoxy groups -OCH3 is 2. The first-order valence-corrected chi connectivity index (χ1v) is 9.09. The van der Waals surface area contributed by atoms with Crippen molar-refractivity contribution in [1.29, 1.82) is 0 Å². The van der Waals surface area contributed by atoms with Crippen LogP contribution in [0.2, 0.25) is 0 Å². The number of ether oxygens (including phenoxy) is 2. The fourth-order valence-electron chi connectivity index (χ4n) is 3.79. The normalized spacial score (nSPS) is 16.7. The summed E-state index contributed by atoms with van der Waals surface area (Å²) in [5.41, 5.74) is 7.05. The molecule has 1 saturated carbocycles. The van der Waals surface area contributed by atoms with Crippen LogP contribution in [0.5, 0.6) is 11.5 Å². The van der Waals surface area contributed by atoms with Crippen LogP contribution in [-0.4, -0.2) is 55.3 Å². The van der Waals surface area contributed by atoms with E-state index in [4.69, 9.17) is 15.2 Å². The van der Waals surface area contributed by atoms with E-state index in [1.165, 1.54) is 32.1 Å². The maximum absolute atomic E-state index is 6.18. The highest BCUT2D eigenvalue weighted by molar-refractivity contribution is 5.91. The minimum absolute atomic E-state index is 0.142. The van der Waals surface area contributed by atoms with E-state index >= 15 is 0 Å². The second kappa shape index (κ2) is 7.53. The molecule has 0 radical (unpaired) electrons. The minimum atomic E-state index is 0.142. The summed E-state index contributed by atoms with van der Waals surface area (Å²) in [6, 6.07) is 3.65. The van der Waals surface area contributed by atoms with E-state index in [1.807, 2.05) is 12.1 Å². The van der Waals surface area contributed by atoms with Crippen molar-refractivity contribution in [3.8, 4) is 11.5 Å². The molecule has 1 aliphatic rings. The van der Waals surface area contributed by atoms with Gasteiger partial charge in [0.05, 0.1) is 19.7 Å². The molecule has 1 fully saturated rings. The summed E-state index contributed by atoms with van der Waals surface area (Å²) in [5.74, 6) is 2.22. The predicted molar refractivity (Wildman–Crippen MR) is 105 cm³/mol. The molecule has 0 unspecified atom stereocenters. The van der Waals surface area contributed by atoms with Crippen LogP contribution >= 0.6 is 0 Å². The molecule has 1 aromatic carbocycles. The monoisotopic (exact) mass is 359 g/mol. The third-order valence-corrected chi connectivity index (χ3v) is 5.54. The lowest BCUT2D eigenvalue weighted by molar-refractivity contribution is 0.113. The highest BCUT2D eigenvalue weighted by Crippen LogP contribution is 2.35. The van der Waals surface area contributed by atoms with E-state index in [0.717, 1.165) is 17.4 Å². The van der Waals surface area contributed by atoms with Crippen LogP contribution < -0.4 is 20.5 Å². The summed E-state index contributed by atoms with van der Waals surface area (Å²) < 4.78 is 10.7. The molecule has 142 valence electrons.